The molecule has 0 aromatic heterocycles. The molecule has 1 heterocycles. The second-order valence-electron chi connectivity index (χ2n) is 8.38. The lowest BCUT2D eigenvalue weighted by atomic mass is 9.79. The molecule has 2 aromatic carbocycles. The lowest BCUT2D eigenvalue weighted by Gasteiger charge is -2.45. The van der Waals surface area contributed by atoms with E-state index in [1.165, 1.54) is 11.3 Å². The molecule has 1 amide bonds. The molecule has 3 rings (SSSR count). The third-order valence-electron chi connectivity index (χ3n) is 5.77. The van der Waals surface area contributed by atoms with Crippen molar-refractivity contribution < 1.29 is 4.79 Å². The first-order valence-corrected chi connectivity index (χ1v) is 10.5. The van der Waals surface area contributed by atoms with Crippen molar-refractivity contribution in [3.8, 4) is 6.07 Å². The highest BCUT2D eigenvalue weighted by Gasteiger charge is 2.34. The quantitative estimate of drug-likeness (QED) is 0.457. The van der Waals surface area contributed by atoms with Gasteiger partial charge in [0, 0.05) is 28.4 Å². The van der Waals surface area contributed by atoms with Crippen LogP contribution in [0.2, 0.25) is 0 Å². The highest BCUT2D eigenvalue weighted by Crippen LogP contribution is 2.43. The average Bonchev–Trinajstić information content (AvgIpc) is 2.64. The summed E-state index contributed by atoms with van der Waals surface area (Å²) in [5, 5.41) is 12.4. The van der Waals surface area contributed by atoms with Crippen molar-refractivity contribution in [2.45, 2.75) is 45.6 Å². The van der Waals surface area contributed by atoms with Gasteiger partial charge in [0.05, 0.1) is 0 Å². The summed E-state index contributed by atoms with van der Waals surface area (Å²) >= 11 is 3.39. The van der Waals surface area contributed by atoms with Crippen LogP contribution in [0.5, 0.6) is 0 Å². The highest BCUT2D eigenvalue weighted by molar-refractivity contribution is 9.10. The zero-order valence-corrected chi connectivity index (χ0v) is 19.1. The Balaban J connectivity index is 1.95. The average molecular weight is 452 g/mol. The van der Waals surface area contributed by atoms with E-state index in [-0.39, 0.29) is 11.1 Å². The van der Waals surface area contributed by atoms with Crippen LogP contribution in [0.3, 0.4) is 0 Å². The van der Waals surface area contributed by atoms with E-state index in [9.17, 15) is 10.1 Å². The number of nitriles is 1. The van der Waals surface area contributed by atoms with Crippen molar-refractivity contribution in [1.29, 1.82) is 5.26 Å². The smallest absolute Gasteiger partial charge is 0.266 e. The molecular weight excluding hydrogens is 426 g/mol. The lowest BCUT2D eigenvalue weighted by molar-refractivity contribution is -0.112. The number of hydrogen-bond donors (Lipinski definition) is 1. The van der Waals surface area contributed by atoms with Crippen LogP contribution in [-0.2, 0) is 4.79 Å². The van der Waals surface area contributed by atoms with Crippen LogP contribution in [0, 0.1) is 18.3 Å². The van der Waals surface area contributed by atoms with Gasteiger partial charge in [-0.2, -0.15) is 5.26 Å². The van der Waals surface area contributed by atoms with Crippen LogP contribution in [0.4, 0.5) is 11.4 Å². The van der Waals surface area contributed by atoms with Gasteiger partial charge in [-0.15, -0.1) is 0 Å². The molecule has 0 bridgehead atoms. The fourth-order valence-electron chi connectivity index (χ4n) is 3.96. The number of carbonyl (C=O) groups is 1. The predicted molar refractivity (Wildman–Crippen MR) is 123 cm³/mol. The van der Waals surface area contributed by atoms with E-state index < -0.39 is 5.91 Å². The minimum atomic E-state index is -0.408. The minimum absolute atomic E-state index is 0.0881. The van der Waals surface area contributed by atoms with Crippen LogP contribution in [0.1, 0.15) is 49.8 Å². The number of fused-ring (bicyclic) bond motifs is 1. The monoisotopic (exact) mass is 451 g/mol. The highest BCUT2D eigenvalue weighted by atomic mass is 79.9. The Morgan fingerprint density at radius 3 is 2.72 bits per heavy atom. The Labute approximate surface area is 181 Å². The fourth-order valence-corrected chi connectivity index (χ4v) is 4.36. The van der Waals surface area contributed by atoms with E-state index in [2.05, 4.69) is 72.2 Å². The topological polar surface area (TPSA) is 56.1 Å². The second-order valence-corrected chi connectivity index (χ2v) is 9.29. The Hall–Kier alpha value is -2.58. The molecular formula is C24H26BrN3O. The van der Waals surface area contributed by atoms with E-state index in [0.717, 1.165) is 22.0 Å². The van der Waals surface area contributed by atoms with Gasteiger partial charge in [-0.05, 0) is 86.2 Å². The van der Waals surface area contributed by atoms with E-state index in [0.29, 0.717) is 11.6 Å². The maximum atomic E-state index is 12.6. The maximum Gasteiger partial charge on any atom is 0.266 e. The van der Waals surface area contributed by atoms with Gasteiger partial charge in [-0.3, -0.25) is 4.79 Å². The Kier molecular flexibility index (Phi) is 5.86. The number of carbonyl (C=O) groups excluding carboxylic acids is 1. The van der Waals surface area contributed by atoms with Crippen LogP contribution in [0.25, 0.3) is 6.08 Å². The number of benzene rings is 2. The summed E-state index contributed by atoms with van der Waals surface area (Å²) in [5.41, 5.74) is 5.26. The van der Waals surface area contributed by atoms with Crippen molar-refractivity contribution in [2.75, 3.05) is 17.3 Å². The normalized spacial score (nSPS) is 18.0. The van der Waals surface area contributed by atoms with Gasteiger partial charge in [0.1, 0.15) is 11.6 Å². The molecule has 1 aliphatic heterocycles. The van der Waals surface area contributed by atoms with Gasteiger partial charge in [0.15, 0.2) is 0 Å². The van der Waals surface area contributed by atoms with Crippen LogP contribution < -0.4 is 10.2 Å². The summed E-state index contributed by atoms with van der Waals surface area (Å²) in [6.07, 6.45) is 2.74. The van der Waals surface area contributed by atoms with Crippen LogP contribution in [0.15, 0.2) is 46.4 Å². The summed E-state index contributed by atoms with van der Waals surface area (Å²) in [4.78, 5) is 15.0. The Morgan fingerprint density at radius 2 is 2.07 bits per heavy atom. The third-order valence-corrected chi connectivity index (χ3v) is 6.26. The number of nitrogens with one attached hydrogen (secondary N) is 1. The number of aryl methyl sites for hydroxylation is 1. The zero-order chi connectivity index (χ0) is 21.3. The largest absolute Gasteiger partial charge is 0.369 e. The molecule has 1 unspecified atom stereocenters. The molecule has 29 heavy (non-hydrogen) atoms. The summed E-state index contributed by atoms with van der Waals surface area (Å²) in [6, 6.07) is 13.7. The van der Waals surface area contributed by atoms with E-state index in [1.807, 2.05) is 19.1 Å². The minimum Gasteiger partial charge on any atom is -0.369 e. The summed E-state index contributed by atoms with van der Waals surface area (Å²) in [7, 11) is 2.13. The van der Waals surface area contributed by atoms with Gasteiger partial charge in [-0.25, -0.2) is 0 Å². The standard InChI is InChI=1S/C24H26BrN3O/c1-15-9-22-21(16(2)13-24(3,4)28(22)5)11-17(15)10-18(14-26)23(29)27-20-8-6-7-19(25)12-20/h6-12,16H,13H2,1-5H3,(H,27,29)/b18-10-. The zero-order valence-electron chi connectivity index (χ0n) is 17.5. The summed E-state index contributed by atoms with van der Waals surface area (Å²) < 4.78 is 0.865. The van der Waals surface area contributed by atoms with Gasteiger partial charge in [-0.1, -0.05) is 28.9 Å². The maximum absolute atomic E-state index is 12.6. The van der Waals surface area contributed by atoms with Crippen LogP contribution >= 0.6 is 15.9 Å². The number of rotatable bonds is 3. The van der Waals surface area contributed by atoms with E-state index in [1.54, 1.807) is 18.2 Å². The molecule has 0 fully saturated rings. The molecule has 5 heteroatoms. The molecule has 2 aromatic rings. The van der Waals surface area contributed by atoms with Gasteiger partial charge >= 0.3 is 0 Å². The first kappa shape index (κ1) is 21.1. The Morgan fingerprint density at radius 1 is 1.34 bits per heavy atom. The number of hydrogen-bond acceptors (Lipinski definition) is 3. The van der Waals surface area contributed by atoms with E-state index in [4.69, 9.17) is 0 Å². The number of anilines is 2. The molecule has 0 saturated carbocycles. The van der Waals surface area contributed by atoms with E-state index >= 15 is 0 Å². The number of nitrogens with zero attached hydrogens (tertiary/aromatic N) is 2. The van der Waals surface area contributed by atoms with Crippen LogP contribution in [-0.4, -0.2) is 18.5 Å². The number of amides is 1. The molecule has 150 valence electrons. The summed E-state index contributed by atoms with van der Waals surface area (Å²) in [6.45, 7) is 8.78. The third kappa shape index (κ3) is 4.38. The SMILES string of the molecule is Cc1cc2c(cc1/C=C(/C#N)C(=O)Nc1cccc(Br)c1)C(C)CC(C)(C)N2C. The van der Waals surface area contributed by atoms with Gasteiger partial charge < -0.3 is 10.2 Å². The van der Waals surface area contributed by atoms with Crippen molar-refractivity contribution >= 4 is 39.3 Å². The predicted octanol–water partition coefficient (Wildman–Crippen LogP) is 6.03. The first-order chi connectivity index (χ1) is 13.6. The van der Waals surface area contributed by atoms with Gasteiger partial charge in [0.2, 0.25) is 0 Å². The van der Waals surface area contributed by atoms with Crippen molar-refractivity contribution in [3.63, 3.8) is 0 Å². The molecule has 1 atom stereocenters. The Bertz CT molecular complexity index is 1030. The second kappa shape index (κ2) is 8.04. The molecule has 1 N–H and O–H groups in total. The van der Waals surface area contributed by atoms with Crippen molar-refractivity contribution in [3.05, 3.63) is 63.1 Å². The molecule has 1 aliphatic rings. The van der Waals surface area contributed by atoms with Crippen molar-refractivity contribution in [1.82, 2.24) is 0 Å². The molecule has 0 saturated heterocycles. The lowest BCUT2D eigenvalue weighted by Crippen LogP contribution is -2.45. The van der Waals surface area contributed by atoms with Gasteiger partial charge in [0.25, 0.3) is 5.91 Å². The molecule has 4 nitrogen and oxygen atoms in total. The fraction of sp³-hybridized carbons (Fsp3) is 0.333. The molecule has 0 aliphatic carbocycles. The summed E-state index contributed by atoms with van der Waals surface area (Å²) in [5.74, 6) is -0.000924. The number of halogens is 1. The first-order valence-electron chi connectivity index (χ1n) is 9.69. The van der Waals surface area contributed by atoms with Crippen molar-refractivity contribution in [2.24, 2.45) is 0 Å². The molecule has 0 spiro atoms. The molecule has 0 radical (unpaired) electrons.